The molecule has 1 saturated carbocycles. The van der Waals surface area contributed by atoms with E-state index in [1.165, 1.54) is 0 Å². The molecule has 1 aromatic rings. The Morgan fingerprint density at radius 3 is 1.68 bits per heavy atom. The summed E-state index contributed by atoms with van der Waals surface area (Å²) in [5.74, 6) is 0.290. The number of carbonyl (C=O) groups is 1. The highest BCUT2D eigenvalue weighted by molar-refractivity contribution is 7.89. The molecule has 8 nitrogen and oxygen atoms in total. The lowest BCUT2D eigenvalue weighted by molar-refractivity contribution is -0.119. The van der Waals surface area contributed by atoms with Gasteiger partial charge in [-0.05, 0) is 110 Å². The first-order chi connectivity index (χ1) is 24.0. The third-order valence-electron chi connectivity index (χ3n) is 12.9. The fraction of sp³-hybridized carbons (Fsp3) is 0.829. The maximum atomic E-state index is 12.1. The number of unbranched alkanes of at least 4 members (excludes halogenated alkanes) is 3. The van der Waals surface area contributed by atoms with E-state index in [1.54, 1.807) is 0 Å². The van der Waals surface area contributed by atoms with Crippen molar-refractivity contribution in [1.29, 1.82) is 0 Å². The Morgan fingerprint density at radius 2 is 1.21 bits per heavy atom. The van der Waals surface area contributed by atoms with Crippen molar-refractivity contribution in [3.8, 4) is 0 Å². The summed E-state index contributed by atoms with van der Waals surface area (Å²) in [7, 11) is -9.73. The zero-order valence-electron chi connectivity index (χ0n) is 36.7. The van der Waals surface area contributed by atoms with Crippen LogP contribution >= 0.6 is 0 Å². The fourth-order valence-electron chi connectivity index (χ4n) is 6.55. The molecule has 2 N–H and O–H groups in total. The smallest absolute Gasteiger partial charge is 0.233 e. The average Bonchev–Trinajstić information content (AvgIpc) is 3.27. The van der Waals surface area contributed by atoms with Crippen molar-refractivity contribution in [2.75, 3.05) is 18.1 Å². The van der Waals surface area contributed by atoms with Gasteiger partial charge in [-0.2, -0.15) is 0 Å². The van der Waals surface area contributed by atoms with E-state index < -0.39 is 40.9 Å². The van der Waals surface area contributed by atoms with Crippen molar-refractivity contribution in [3.05, 3.63) is 30.3 Å². The lowest BCUT2D eigenvalue weighted by Crippen LogP contribution is -2.46. The maximum absolute atomic E-state index is 12.1. The molecule has 1 unspecified atom stereocenters. The molecule has 12 heteroatoms. The molecule has 1 aliphatic carbocycles. The van der Waals surface area contributed by atoms with Gasteiger partial charge in [-0.15, -0.1) is 0 Å². The molecule has 1 amide bonds. The summed E-state index contributed by atoms with van der Waals surface area (Å²) < 4.78 is 47.0. The number of carbonyl (C=O) groups excluding carboxylic acids is 1. The van der Waals surface area contributed by atoms with Gasteiger partial charge in [-0.25, -0.2) is 8.42 Å². The summed E-state index contributed by atoms with van der Waals surface area (Å²) in [6.07, 6.45) is 9.14. The highest BCUT2D eigenvalue weighted by Crippen LogP contribution is 2.49. The number of hydrogen-bond acceptors (Lipinski definition) is 7. The summed E-state index contributed by atoms with van der Waals surface area (Å²) >= 11 is 0. The van der Waals surface area contributed by atoms with Crippen molar-refractivity contribution < 1.29 is 26.5 Å². The molecule has 0 radical (unpaired) electrons. The summed E-state index contributed by atoms with van der Waals surface area (Å²) in [6.45, 7) is 35.9. The van der Waals surface area contributed by atoms with Crippen LogP contribution < -0.4 is 10.0 Å². The minimum absolute atomic E-state index is 0.0729. The molecule has 0 aliphatic heterocycles. The van der Waals surface area contributed by atoms with Crippen LogP contribution in [-0.4, -0.2) is 70.4 Å². The van der Waals surface area contributed by atoms with Gasteiger partial charge in [-0.3, -0.25) is 9.52 Å². The van der Waals surface area contributed by atoms with Crippen molar-refractivity contribution in [2.24, 2.45) is 11.8 Å². The largest absolute Gasteiger partial charge is 0.414 e. The quantitative estimate of drug-likeness (QED) is 0.0998. The minimum Gasteiger partial charge on any atom is -0.414 e. The predicted octanol–water partition coefficient (Wildman–Crippen LogP) is 11.1. The number of hydrogen-bond donors (Lipinski definition) is 2. The molecular formula is C41H80N2O6SSi3. The van der Waals surface area contributed by atoms with Gasteiger partial charge in [0.25, 0.3) is 0 Å². The van der Waals surface area contributed by atoms with Gasteiger partial charge >= 0.3 is 0 Å². The zero-order chi connectivity index (χ0) is 40.7. The van der Waals surface area contributed by atoms with Crippen LogP contribution in [0.15, 0.2) is 30.3 Å². The molecule has 0 spiro atoms. The second-order valence-corrected chi connectivity index (χ2v) is 36.5. The van der Waals surface area contributed by atoms with E-state index in [2.05, 4.69) is 142 Å². The first-order valence-corrected chi connectivity index (χ1v) is 30.9. The van der Waals surface area contributed by atoms with Gasteiger partial charge in [0, 0.05) is 18.7 Å². The number of amides is 1. The Hall–Kier alpha value is -1.03. The summed E-state index contributed by atoms with van der Waals surface area (Å²) in [4.78, 5) is 12.1. The lowest BCUT2D eigenvalue weighted by Gasteiger charge is -2.41. The van der Waals surface area contributed by atoms with E-state index in [1.807, 2.05) is 0 Å². The van der Waals surface area contributed by atoms with Crippen LogP contribution in [0, 0.1) is 11.8 Å². The van der Waals surface area contributed by atoms with Crippen LogP contribution in [0.5, 0.6) is 0 Å². The molecule has 1 fully saturated rings. The molecule has 308 valence electrons. The zero-order valence-corrected chi connectivity index (χ0v) is 40.5. The second kappa shape index (κ2) is 18.9. The number of anilines is 1. The number of para-hydroxylation sites is 1. The average molecular weight is 813 g/mol. The van der Waals surface area contributed by atoms with Crippen molar-refractivity contribution in [3.63, 3.8) is 0 Å². The van der Waals surface area contributed by atoms with Gasteiger partial charge in [0.15, 0.2) is 25.0 Å². The summed E-state index contributed by atoms with van der Waals surface area (Å²) in [6, 6.07) is 10.5. The van der Waals surface area contributed by atoms with Gasteiger partial charge < -0.3 is 18.6 Å². The normalized spacial score (nSPS) is 21.4. The third kappa shape index (κ3) is 15.4. The van der Waals surface area contributed by atoms with E-state index in [0.29, 0.717) is 18.3 Å². The van der Waals surface area contributed by atoms with Crippen LogP contribution in [-0.2, 0) is 28.1 Å². The standard InChI is InChI=1S/C41H80N2O6SSi3/c1-39(2,3)51(11,12)47-33(31-42-32-24-20-19-21-25-32)28-29-35-34(26-22-17-18-23-27-38(44)43-50(10,45)46)36(48-52(13,14)40(4,5)6)30-37(35)49-53(15,16)41(7,8)9/h19-21,24-25,33-37,42H,17-18,22-23,26-31H2,1-16H3,(H,43,44)/t33?,34-,35-,36+,37-/m1/s1. The van der Waals surface area contributed by atoms with E-state index >= 15 is 0 Å². The van der Waals surface area contributed by atoms with Crippen LogP contribution in [0.3, 0.4) is 0 Å². The van der Waals surface area contributed by atoms with Crippen LogP contribution in [0.2, 0.25) is 54.4 Å². The third-order valence-corrected chi connectivity index (χ3v) is 27.0. The Balaban J connectivity index is 2.42. The molecule has 1 aromatic carbocycles. The van der Waals surface area contributed by atoms with Gasteiger partial charge in [0.05, 0.1) is 24.6 Å². The molecule has 2 rings (SSSR count). The Labute approximate surface area is 329 Å². The number of sulfonamides is 1. The second-order valence-electron chi connectivity index (χ2n) is 20.5. The fourth-order valence-corrected chi connectivity index (χ4v) is 11.2. The summed E-state index contributed by atoms with van der Waals surface area (Å²) in [5, 5.41) is 4.00. The number of benzene rings is 1. The Morgan fingerprint density at radius 1 is 0.736 bits per heavy atom. The van der Waals surface area contributed by atoms with E-state index in [-0.39, 0.29) is 39.8 Å². The predicted molar refractivity (Wildman–Crippen MR) is 233 cm³/mol. The molecule has 5 atom stereocenters. The van der Waals surface area contributed by atoms with Gasteiger partial charge in [0.1, 0.15) is 0 Å². The molecule has 0 heterocycles. The molecule has 0 saturated heterocycles. The molecule has 0 bridgehead atoms. The number of nitrogens with one attached hydrogen (secondary N) is 2. The molecular weight excluding hydrogens is 733 g/mol. The first kappa shape index (κ1) is 48.1. The molecule has 0 aromatic heterocycles. The Bertz CT molecular complexity index is 1380. The molecule has 1 aliphatic rings. The Kier molecular flexibility index (Phi) is 17.2. The van der Waals surface area contributed by atoms with Crippen LogP contribution in [0.4, 0.5) is 5.69 Å². The van der Waals surface area contributed by atoms with E-state index in [0.717, 1.165) is 63.4 Å². The van der Waals surface area contributed by atoms with Crippen LogP contribution in [0.25, 0.3) is 0 Å². The van der Waals surface area contributed by atoms with Crippen LogP contribution in [0.1, 0.15) is 120 Å². The lowest BCUT2D eigenvalue weighted by atomic mass is 9.85. The highest BCUT2D eigenvalue weighted by atomic mass is 32.2. The van der Waals surface area contributed by atoms with Gasteiger partial charge in [-0.1, -0.05) is 99.8 Å². The SMILES string of the molecule is CC(C)(C)[Si](C)(C)OC(CC[C@@H]1[C@@H](CCCCCCC(=O)NS(C)(=O)=O)[C@@H](O[Si](C)(C)C(C)(C)C)C[C@H]1O[Si](C)(C)C(C)(C)C)CNc1ccccc1. The van der Waals surface area contributed by atoms with Crippen molar-refractivity contribution >= 4 is 46.6 Å². The maximum Gasteiger partial charge on any atom is 0.233 e. The monoisotopic (exact) mass is 813 g/mol. The van der Waals surface area contributed by atoms with E-state index in [9.17, 15) is 13.2 Å². The molecule has 53 heavy (non-hydrogen) atoms. The van der Waals surface area contributed by atoms with Crippen molar-refractivity contribution in [1.82, 2.24) is 4.72 Å². The van der Waals surface area contributed by atoms with Crippen molar-refractivity contribution in [2.45, 2.75) is 193 Å². The first-order valence-electron chi connectivity index (χ1n) is 20.3. The van der Waals surface area contributed by atoms with Gasteiger partial charge in [0.2, 0.25) is 15.9 Å². The minimum atomic E-state index is -3.52. The number of rotatable bonds is 20. The van der Waals surface area contributed by atoms with E-state index in [4.69, 9.17) is 13.3 Å². The topological polar surface area (TPSA) is 103 Å². The highest BCUT2D eigenvalue weighted by Gasteiger charge is 2.51. The summed E-state index contributed by atoms with van der Waals surface area (Å²) in [5.41, 5.74) is 1.12.